The number of aryl methyl sites for hydroxylation is 2. The molecule has 0 saturated heterocycles. The molecule has 3 atom stereocenters. The standard InChI is InChI=1S/C16H19NO/c1-10-5-11(2)7-14(6-10)17-16(18)15-9-12-3-4-13(15)8-12/h3-7,12-13,15H,8-9H2,1-2H3,(H,17,18). The highest BCUT2D eigenvalue weighted by Gasteiger charge is 2.39. The fraction of sp³-hybridized carbons (Fsp3) is 0.438. The summed E-state index contributed by atoms with van der Waals surface area (Å²) in [5, 5.41) is 3.08. The van der Waals surface area contributed by atoms with E-state index in [0.29, 0.717) is 11.8 Å². The van der Waals surface area contributed by atoms with Crippen LogP contribution in [0.15, 0.2) is 30.4 Å². The smallest absolute Gasteiger partial charge is 0.228 e. The summed E-state index contributed by atoms with van der Waals surface area (Å²) in [6.07, 6.45) is 6.69. The second-order valence-electron chi connectivity index (χ2n) is 5.75. The minimum atomic E-state index is 0.181. The Labute approximate surface area is 108 Å². The van der Waals surface area contributed by atoms with Crippen molar-refractivity contribution in [2.75, 3.05) is 5.32 Å². The van der Waals surface area contributed by atoms with Crippen LogP contribution in [-0.4, -0.2) is 5.91 Å². The molecule has 0 radical (unpaired) electrons. The zero-order valence-electron chi connectivity index (χ0n) is 10.9. The van der Waals surface area contributed by atoms with E-state index in [-0.39, 0.29) is 11.8 Å². The van der Waals surface area contributed by atoms with E-state index in [1.54, 1.807) is 0 Å². The second-order valence-corrected chi connectivity index (χ2v) is 5.75. The number of amides is 1. The predicted octanol–water partition coefficient (Wildman–Crippen LogP) is 3.45. The SMILES string of the molecule is Cc1cc(C)cc(NC(=O)C2CC3C=CC2C3)c1. The minimum absolute atomic E-state index is 0.181. The Bertz CT molecular complexity index is 498. The maximum atomic E-state index is 12.3. The van der Waals surface area contributed by atoms with Crippen molar-refractivity contribution in [2.24, 2.45) is 17.8 Å². The number of benzene rings is 1. The number of hydrogen-bond acceptors (Lipinski definition) is 1. The van der Waals surface area contributed by atoms with Crippen LogP contribution in [0.5, 0.6) is 0 Å². The molecule has 0 aliphatic heterocycles. The molecule has 3 unspecified atom stereocenters. The van der Waals surface area contributed by atoms with Crippen LogP contribution in [-0.2, 0) is 4.79 Å². The van der Waals surface area contributed by atoms with Crippen LogP contribution in [0.2, 0.25) is 0 Å². The van der Waals surface area contributed by atoms with Crippen LogP contribution in [0.3, 0.4) is 0 Å². The third-order valence-corrected chi connectivity index (χ3v) is 4.10. The molecule has 2 aliphatic rings. The first-order valence-electron chi connectivity index (χ1n) is 6.69. The van der Waals surface area contributed by atoms with Gasteiger partial charge in [-0.15, -0.1) is 0 Å². The van der Waals surface area contributed by atoms with Crippen molar-refractivity contribution < 1.29 is 4.79 Å². The molecular weight excluding hydrogens is 222 g/mol. The maximum absolute atomic E-state index is 12.3. The number of allylic oxidation sites excluding steroid dienone is 2. The molecule has 2 bridgehead atoms. The summed E-state index contributed by atoms with van der Waals surface area (Å²) < 4.78 is 0. The van der Waals surface area contributed by atoms with Crippen LogP contribution < -0.4 is 5.32 Å². The Kier molecular flexibility index (Phi) is 2.73. The number of hydrogen-bond donors (Lipinski definition) is 1. The fourth-order valence-corrected chi connectivity index (χ4v) is 3.36. The molecule has 1 aromatic carbocycles. The first kappa shape index (κ1) is 11.5. The zero-order chi connectivity index (χ0) is 12.7. The lowest BCUT2D eigenvalue weighted by Gasteiger charge is -2.18. The average molecular weight is 241 g/mol. The molecule has 0 spiro atoms. The highest BCUT2D eigenvalue weighted by Crippen LogP contribution is 2.43. The maximum Gasteiger partial charge on any atom is 0.228 e. The molecule has 18 heavy (non-hydrogen) atoms. The number of anilines is 1. The summed E-state index contributed by atoms with van der Waals surface area (Å²) in [5.41, 5.74) is 3.32. The molecule has 1 N–H and O–H groups in total. The number of fused-ring (bicyclic) bond motifs is 2. The lowest BCUT2D eigenvalue weighted by molar-refractivity contribution is -0.120. The number of carbonyl (C=O) groups excluding carboxylic acids is 1. The first-order valence-corrected chi connectivity index (χ1v) is 6.69. The van der Waals surface area contributed by atoms with Gasteiger partial charge in [0, 0.05) is 11.6 Å². The molecule has 0 aromatic heterocycles. The van der Waals surface area contributed by atoms with Crippen LogP contribution in [0, 0.1) is 31.6 Å². The van der Waals surface area contributed by atoms with Crippen molar-refractivity contribution in [3.63, 3.8) is 0 Å². The third-order valence-electron chi connectivity index (χ3n) is 4.10. The van der Waals surface area contributed by atoms with Crippen LogP contribution in [0.1, 0.15) is 24.0 Å². The van der Waals surface area contributed by atoms with Crippen molar-refractivity contribution >= 4 is 11.6 Å². The summed E-state index contributed by atoms with van der Waals surface area (Å²) >= 11 is 0. The number of carbonyl (C=O) groups is 1. The predicted molar refractivity (Wildman–Crippen MR) is 73.4 cm³/mol. The number of nitrogens with one attached hydrogen (secondary N) is 1. The van der Waals surface area contributed by atoms with E-state index in [9.17, 15) is 4.79 Å². The van der Waals surface area contributed by atoms with Crippen molar-refractivity contribution in [1.82, 2.24) is 0 Å². The first-order chi connectivity index (χ1) is 8.61. The van der Waals surface area contributed by atoms with E-state index in [4.69, 9.17) is 0 Å². The molecule has 94 valence electrons. The van der Waals surface area contributed by atoms with Gasteiger partial charge in [-0.2, -0.15) is 0 Å². The van der Waals surface area contributed by atoms with Crippen molar-refractivity contribution in [3.05, 3.63) is 41.5 Å². The summed E-state index contributed by atoms with van der Waals surface area (Å²) in [4.78, 5) is 12.3. The van der Waals surface area contributed by atoms with Crippen LogP contribution in [0.25, 0.3) is 0 Å². The highest BCUT2D eigenvalue weighted by atomic mass is 16.1. The summed E-state index contributed by atoms with van der Waals surface area (Å²) in [6, 6.07) is 6.19. The topological polar surface area (TPSA) is 29.1 Å². The molecular formula is C16H19NO. The summed E-state index contributed by atoms with van der Waals surface area (Å²) in [5.74, 6) is 1.49. The van der Waals surface area contributed by atoms with Gasteiger partial charge in [0.25, 0.3) is 0 Å². The molecule has 0 heterocycles. The minimum Gasteiger partial charge on any atom is -0.326 e. The molecule has 1 aromatic rings. The van der Waals surface area contributed by atoms with E-state index in [1.165, 1.54) is 17.5 Å². The van der Waals surface area contributed by atoms with Crippen molar-refractivity contribution in [1.29, 1.82) is 0 Å². The third kappa shape index (κ3) is 2.07. The lowest BCUT2D eigenvalue weighted by Crippen LogP contribution is -2.25. The zero-order valence-corrected chi connectivity index (χ0v) is 10.9. The van der Waals surface area contributed by atoms with Crippen molar-refractivity contribution in [2.45, 2.75) is 26.7 Å². The molecule has 1 amide bonds. The molecule has 2 aliphatic carbocycles. The highest BCUT2D eigenvalue weighted by molar-refractivity contribution is 5.93. The summed E-state index contributed by atoms with van der Waals surface area (Å²) in [7, 11) is 0. The van der Waals surface area contributed by atoms with Crippen LogP contribution in [0.4, 0.5) is 5.69 Å². The van der Waals surface area contributed by atoms with E-state index < -0.39 is 0 Å². The molecule has 1 saturated carbocycles. The Morgan fingerprint density at radius 3 is 2.39 bits per heavy atom. The van der Waals surface area contributed by atoms with E-state index in [2.05, 4.69) is 37.4 Å². The monoisotopic (exact) mass is 241 g/mol. The van der Waals surface area contributed by atoms with Gasteiger partial charge in [-0.1, -0.05) is 18.2 Å². The molecule has 2 nitrogen and oxygen atoms in total. The normalized spacial score (nSPS) is 28.7. The number of rotatable bonds is 2. The van der Waals surface area contributed by atoms with Crippen molar-refractivity contribution in [3.8, 4) is 0 Å². The van der Waals surface area contributed by atoms with E-state index >= 15 is 0 Å². The second kappa shape index (κ2) is 4.27. The average Bonchev–Trinajstić information content (AvgIpc) is 2.88. The van der Waals surface area contributed by atoms with Gasteiger partial charge in [-0.25, -0.2) is 0 Å². The van der Waals surface area contributed by atoms with Gasteiger partial charge < -0.3 is 5.32 Å². The van der Waals surface area contributed by atoms with Gasteiger partial charge in [0.1, 0.15) is 0 Å². The summed E-state index contributed by atoms with van der Waals surface area (Å²) in [6.45, 7) is 4.12. The van der Waals surface area contributed by atoms with Gasteiger partial charge in [0.2, 0.25) is 5.91 Å². The lowest BCUT2D eigenvalue weighted by atomic mass is 9.92. The molecule has 2 heteroatoms. The Balaban J connectivity index is 1.73. The molecule has 3 rings (SSSR count). The van der Waals surface area contributed by atoms with Gasteiger partial charge in [0.05, 0.1) is 0 Å². The van der Waals surface area contributed by atoms with Gasteiger partial charge >= 0.3 is 0 Å². The quantitative estimate of drug-likeness (QED) is 0.789. The Morgan fingerprint density at radius 1 is 1.11 bits per heavy atom. The van der Waals surface area contributed by atoms with E-state index in [0.717, 1.165) is 12.1 Å². The van der Waals surface area contributed by atoms with Gasteiger partial charge in [-0.3, -0.25) is 4.79 Å². The fourth-order valence-electron chi connectivity index (χ4n) is 3.36. The Hall–Kier alpha value is -1.57. The molecule has 1 fully saturated rings. The Morgan fingerprint density at radius 2 is 1.83 bits per heavy atom. The largest absolute Gasteiger partial charge is 0.326 e. The van der Waals surface area contributed by atoms with Crippen LogP contribution >= 0.6 is 0 Å². The van der Waals surface area contributed by atoms with E-state index in [1.807, 2.05) is 12.1 Å². The van der Waals surface area contributed by atoms with Gasteiger partial charge in [0.15, 0.2) is 0 Å². The van der Waals surface area contributed by atoms with Gasteiger partial charge in [-0.05, 0) is 61.8 Å².